The lowest BCUT2D eigenvalue weighted by Crippen LogP contribution is -2.56. The number of ether oxygens (including phenoxy) is 3. The van der Waals surface area contributed by atoms with Crippen LogP contribution < -0.4 is 0 Å². The number of methoxy groups -OCH3 is 1. The Balaban J connectivity index is 2.61. The summed E-state index contributed by atoms with van der Waals surface area (Å²) in [7, 11) is 1.72. The molecular weight excluding hydrogens is 208 g/mol. The van der Waals surface area contributed by atoms with Crippen LogP contribution in [0.4, 0.5) is 0 Å². The fraction of sp³-hybridized carbons (Fsp3) is 1.00. The molecule has 1 rings (SSSR count). The number of rotatable bonds is 5. The molecule has 0 bridgehead atoms. The van der Waals surface area contributed by atoms with Crippen LogP contribution in [-0.2, 0) is 14.2 Å². The lowest BCUT2D eigenvalue weighted by Gasteiger charge is -2.46. The molecule has 1 heterocycles. The van der Waals surface area contributed by atoms with Crippen LogP contribution in [0, 0.1) is 0 Å². The summed E-state index contributed by atoms with van der Waals surface area (Å²) in [5, 5.41) is 8.75. The molecule has 4 atom stereocenters. The number of hydrogen-bond acceptors (Lipinski definition) is 4. The molecule has 0 amide bonds. The summed E-state index contributed by atoms with van der Waals surface area (Å²) in [6.07, 6.45) is 1.63. The van der Waals surface area contributed by atoms with E-state index in [9.17, 15) is 0 Å². The van der Waals surface area contributed by atoms with Crippen molar-refractivity contribution in [1.29, 1.82) is 0 Å². The van der Waals surface area contributed by atoms with Crippen molar-refractivity contribution in [2.45, 2.75) is 57.5 Å². The molecule has 1 unspecified atom stereocenters. The first-order valence-electron chi connectivity index (χ1n) is 5.96. The molecule has 1 N–H and O–H groups in total. The third-order valence-electron chi connectivity index (χ3n) is 3.23. The molecule has 1 aliphatic rings. The van der Waals surface area contributed by atoms with Crippen molar-refractivity contribution in [1.82, 2.24) is 0 Å². The second-order valence-corrected chi connectivity index (χ2v) is 4.74. The van der Waals surface area contributed by atoms with E-state index in [2.05, 4.69) is 13.8 Å². The maximum Gasteiger partial charge on any atom is 0.112 e. The fourth-order valence-corrected chi connectivity index (χ4v) is 2.46. The van der Waals surface area contributed by atoms with Gasteiger partial charge in [-0.15, -0.1) is 0 Å². The van der Waals surface area contributed by atoms with E-state index in [0.717, 1.165) is 6.42 Å². The van der Waals surface area contributed by atoms with Crippen LogP contribution in [0.15, 0.2) is 0 Å². The van der Waals surface area contributed by atoms with Crippen LogP contribution in [-0.4, -0.2) is 49.3 Å². The highest BCUT2D eigenvalue weighted by Gasteiger charge is 2.45. The summed E-state index contributed by atoms with van der Waals surface area (Å²) in [5.41, 5.74) is -0.299. The first kappa shape index (κ1) is 13.9. The number of aliphatic hydroxyl groups excluding tert-OH is 1. The number of hydrogen-bond donors (Lipinski definition) is 1. The van der Waals surface area contributed by atoms with E-state index in [-0.39, 0.29) is 30.5 Å². The van der Waals surface area contributed by atoms with Gasteiger partial charge < -0.3 is 19.3 Å². The Bertz CT molecular complexity index is 209. The molecule has 1 aliphatic heterocycles. The third-order valence-corrected chi connectivity index (χ3v) is 3.23. The first-order chi connectivity index (χ1) is 7.53. The van der Waals surface area contributed by atoms with Crippen molar-refractivity contribution < 1.29 is 19.3 Å². The molecule has 0 aromatic carbocycles. The molecule has 16 heavy (non-hydrogen) atoms. The first-order valence-corrected chi connectivity index (χ1v) is 5.96. The van der Waals surface area contributed by atoms with Gasteiger partial charge in [0.15, 0.2) is 0 Å². The maximum atomic E-state index is 8.75. The predicted octanol–water partition coefficient (Wildman–Crippen LogP) is 1.36. The molecule has 0 aromatic heterocycles. The van der Waals surface area contributed by atoms with Crippen molar-refractivity contribution >= 4 is 0 Å². The standard InChI is InChI=1S/C12H24O4/c1-9-8-12(3,14-4)11(10(2)16-9)15-7-5-6-13/h9-11,13H,5-8H2,1-4H3/t9-,10?,11-,12+/m0/s1. The third kappa shape index (κ3) is 3.17. The smallest absolute Gasteiger partial charge is 0.112 e. The molecule has 4 nitrogen and oxygen atoms in total. The largest absolute Gasteiger partial charge is 0.396 e. The molecular formula is C12H24O4. The molecule has 4 heteroatoms. The minimum atomic E-state index is -0.299. The van der Waals surface area contributed by atoms with Gasteiger partial charge in [0.1, 0.15) is 6.10 Å². The average molecular weight is 232 g/mol. The average Bonchev–Trinajstić information content (AvgIpc) is 2.22. The van der Waals surface area contributed by atoms with Gasteiger partial charge in [0.05, 0.1) is 17.8 Å². The van der Waals surface area contributed by atoms with Gasteiger partial charge in [-0.05, 0) is 27.2 Å². The van der Waals surface area contributed by atoms with Gasteiger partial charge in [0, 0.05) is 26.7 Å². The molecule has 1 fully saturated rings. The normalized spacial score (nSPS) is 39.9. The van der Waals surface area contributed by atoms with E-state index < -0.39 is 0 Å². The Labute approximate surface area is 97.9 Å². The van der Waals surface area contributed by atoms with E-state index in [1.807, 2.05) is 6.92 Å². The van der Waals surface area contributed by atoms with Crippen molar-refractivity contribution in [2.75, 3.05) is 20.3 Å². The lowest BCUT2D eigenvalue weighted by atomic mass is 9.86. The maximum absolute atomic E-state index is 8.75. The quantitative estimate of drug-likeness (QED) is 0.727. The minimum Gasteiger partial charge on any atom is -0.396 e. The summed E-state index contributed by atoms with van der Waals surface area (Å²) in [4.78, 5) is 0. The molecule has 96 valence electrons. The van der Waals surface area contributed by atoms with Gasteiger partial charge in [0.2, 0.25) is 0 Å². The van der Waals surface area contributed by atoms with Gasteiger partial charge >= 0.3 is 0 Å². The highest BCUT2D eigenvalue weighted by atomic mass is 16.6. The van der Waals surface area contributed by atoms with Crippen molar-refractivity contribution in [3.8, 4) is 0 Å². The van der Waals surface area contributed by atoms with Crippen LogP contribution >= 0.6 is 0 Å². The highest BCUT2D eigenvalue weighted by molar-refractivity contribution is 4.94. The Morgan fingerprint density at radius 1 is 1.44 bits per heavy atom. The summed E-state index contributed by atoms with van der Waals surface area (Å²) < 4.78 is 17.1. The van der Waals surface area contributed by atoms with Crippen LogP contribution in [0.3, 0.4) is 0 Å². The van der Waals surface area contributed by atoms with Crippen molar-refractivity contribution in [2.24, 2.45) is 0 Å². The second kappa shape index (κ2) is 5.96. The highest BCUT2D eigenvalue weighted by Crippen LogP contribution is 2.33. The number of aliphatic hydroxyl groups is 1. The van der Waals surface area contributed by atoms with E-state index in [1.165, 1.54) is 0 Å². The second-order valence-electron chi connectivity index (χ2n) is 4.74. The summed E-state index contributed by atoms with van der Waals surface area (Å²) in [6, 6.07) is 0. The molecule has 0 spiro atoms. The summed E-state index contributed by atoms with van der Waals surface area (Å²) in [5.74, 6) is 0. The SMILES string of the molecule is CO[C@]1(C)C[C@H](C)OC(C)[C@@H]1OCCCO. The van der Waals surface area contributed by atoms with E-state index in [4.69, 9.17) is 19.3 Å². The Hall–Kier alpha value is -0.160. The summed E-state index contributed by atoms with van der Waals surface area (Å²) in [6.45, 7) is 6.82. The van der Waals surface area contributed by atoms with E-state index in [0.29, 0.717) is 13.0 Å². The molecule has 0 saturated carbocycles. The van der Waals surface area contributed by atoms with Gasteiger partial charge in [-0.2, -0.15) is 0 Å². The minimum absolute atomic E-state index is 0.0207. The Morgan fingerprint density at radius 3 is 2.69 bits per heavy atom. The molecule has 0 aromatic rings. The molecule has 1 saturated heterocycles. The van der Waals surface area contributed by atoms with Crippen LogP contribution in [0.25, 0.3) is 0 Å². The summed E-state index contributed by atoms with van der Waals surface area (Å²) >= 11 is 0. The molecule has 0 aliphatic carbocycles. The monoisotopic (exact) mass is 232 g/mol. The predicted molar refractivity (Wildman–Crippen MR) is 61.5 cm³/mol. The van der Waals surface area contributed by atoms with Gasteiger partial charge in [-0.1, -0.05) is 0 Å². The van der Waals surface area contributed by atoms with Crippen LogP contribution in [0.1, 0.15) is 33.6 Å². The van der Waals surface area contributed by atoms with Crippen LogP contribution in [0.5, 0.6) is 0 Å². The zero-order valence-corrected chi connectivity index (χ0v) is 10.7. The van der Waals surface area contributed by atoms with Gasteiger partial charge in [-0.25, -0.2) is 0 Å². The zero-order valence-electron chi connectivity index (χ0n) is 10.7. The Kier molecular flexibility index (Phi) is 5.18. The molecule has 0 radical (unpaired) electrons. The van der Waals surface area contributed by atoms with Crippen LogP contribution in [0.2, 0.25) is 0 Å². The topological polar surface area (TPSA) is 47.9 Å². The zero-order chi connectivity index (χ0) is 12.2. The fourth-order valence-electron chi connectivity index (χ4n) is 2.46. The van der Waals surface area contributed by atoms with Gasteiger partial charge in [0.25, 0.3) is 0 Å². The van der Waals surface area contributed by atoms with Crippen molar-refractivity contribution in [3.05, 3.63) is 0 Å². The van der Waals surface area contributed by atoms with Crippen molar-refractivity contribution in [3.63, 3.8) is 0 Å². The Morgan fingerprint density at radius 2 is 2.12 bits per heavy atom. The van der Waals surface area contributed by atoms with Gasteiger partial charge in [-0.3, -0.25) is 0 Å². The lowest BCUT2D eigenvalue weighted by molar-refractivity contribution is -0.228. The van der Waals surface area contributed by atoms with E-state index in [1.54, 1.807) is 7.11 Å². The van der Waals surface area contributed by atoms with E-state index >= 15 is 0 Å².